The van der Waals surface area contributed by atoms with Crippen molar-refractivity contribution in [2.75, 3.05) is 19.6 Å². The largest absolute Gasteiger partial charge is 0.389 e. The molecule has 2 heterocycles. The topological polar surface area (TPSA) is 58.4 Å². The van der Waals surface area contributed by atoms with Crippen molar-refractivity contribution < 1.29 is 5.11 Å². The summed E-state index contributed by atoms with van der Waals surface area (Å²) in [6.45, 7) is 5.47. The van der Waals surface area contributed by atoms with Crippen molar-refractivity contribution in [2.24, 2.45) is 5.92 Å². The highest BCUT2D eigenvalue weighted by Gasteiger charge is 2.34. The van der Waals surface area contributed by atoms with Crippen LogP contribution in [0, 0.1) is 12.8 Å². The third-order valence-corrected chi connectivity index (χ3v) is 5.29. The van der Waals surface area contributed by atoms with E-state index in [1.807, 2.05) is 6.92 Å². The van der Waals surface area contributed by atoms with Crippen molar-refractivity contribution in [1.29, 1.82) is 0 Å². The molecule has 1 saturated heterocycles. The number of hydrogen-bond acceptors (Lipinski definition) is 4. The van der Waals surface area contributed by atoms with E-state index in [1.165, 1.54) is 0 Å². The third-order valence-electron chi connectivity index (χ3n) is 5.29. The number of likely N-dealkylation sites (tertiary alicyclic amines) is 1. The predicted molar refractivity (Wildman–Crippen MR) is 85.8 cm³/mol. The van der Waals surface area contributed by atoms with Crippen molar-refractivity contribution in [3.05, 3.63) is 28.4 Å². The highest BCUT2D eigenvalue weighted by Crippen LogP contribution is 2.31. The van der Waals surface area contributed by atoms with E-state index >= 15 is 0 Å². The van der Waals surface area contributed by atoms with Crippen LogP contribution in [-0.4, -0.2) is 44.8 Å². The second-order valence-electron chi connectivity index (χ2n) is 7.19. The van der Waals surface area contributed by atoms with Crippen LogP contribution in [0.1, 0.15) is 44.1 Å². The number of hydrogen-bond donors (Lipinski definition) is 1. The number of aryl methyl sites for hydroxylation is 1. The Hall–Kier alpha value is -1.20. The lowest BCUT2D eigenvalue weighted by molar-refractivity contribution is -0.000621. The SMILES string of the molecule is Cc1cncn(CC2CCN(CC3(O)CCCC3)CC2)c1=O. The highest BCUT2D eigenvalue weighted by molar-refractivity contribution is 5.00. The van der Waals surface area contributed by atoms with Crippen molar-refractivity contribution in [1.82, 2.24) is 14.5 Å². The van der Waals surface area contributed by atoms with Gasteiger partial charge in [-0.1, -0.05) is 12.8 Å². The van der Waals surface area contributed by atoms with Gasteiger partial charge in [0, 0.05) is 24.8 Å². The van der Waals surface area contributed by atoms with E-state index in [-0.39, 0.29) is 5.56 Å². The zero-order valence-electron chi connectivity index (χ0n) is 13.5. The van der Waals surface area contributed by atoms with Gasteiger partial charge in [0.05, 0.1) is 11.9 Å². The summed E-state index contributed by atoms with van der Waals surface area (Å²) in [4.78, 5) is 18.6. The molecule has 0 atom stereocenters. The zero-order chi connectivity index (χ0) is 15.6. The molecule has 22 heavy (non-hydrogen) atoms. The first-order valence-electron chi connectivity index (χ1n) is 8.51. The minimum atomic E-state index is -0.440. The number of β-amino-alcohol motifs (C(OH)–C–C–N with tert-alkyl or cyclic N) is 1. The molecule has 1 aromatic heterocycles. The predicted octanol–water partition coefficient (Wildman–Crippen LogP) is 1.57. The van der Waals surface area contributed by atoms with Gasteiger partial charge < -0.3 is 10.0 Å². The van der Waals surface area contributed by atoms with E-state index in [0.717, 1.165) is 64.7 Å². The molecule has 2 aliphatic rings. The number of aromatic nitrogens is 2. The second kappa shape index (κ2) is 6.50. The van der Waals surface area contributed by atoms with Crippen LogP contribution in [0.25, 0.3) is 0 Å². The zero-order valence-corrected chi connectivity index (χ0v) is 13.5. The summed E-state index contributed by atoms with van der Waals surface area (Å²) in [6, 6.07) is 0. The average molecular weight is 305 g/mol. The molecule has 1 saturated carbocycles. The smallest absolute Gasteiger partial charge is 0.256 e. The first kappa shape index (κ1) is 15.7. The van der Waals surface area contributed by atoms with E-state index < -0.39 is 5.60 Å². The molecule has 5 heteroatoms. The number of aliphatic hydroxyl groups is 1. The summed E-state index contributed by atoms with van der Waals surface area (Å²) < 4.78 is 1.75. The maximum absolute atomic E-state index is 12.1. The molecule has 1 N–H and O–H groups in total. The van der Waals surface area contributed by atoms with Crippen LogP contribution in [-0.2, 0) is 6.54 Å². The lowest BCUT2D eigenvalue weighted by Crippen LogP contribution is -2.45. The Labute approximate surface area is 132 Å². The Morgan fingerprint density at radius 3 is 2.68 bits per heavy atom. The summed E-state index contributed by atoms with van der Waals surface area (Å²) in [5.74, 6) is 0.538. The van der Waals surface area contributed by atoms with Crippen molar-refractivity contribution >= 4 is 0 Å². The van der Waals surface area contributed by atoms with Gasteiger partial charge in [-0.3, -0.25) is 9.36 Å². The van der Waals surface area contributed by atoms with Gasteiger partial charge >= 0.3 is 0 Å². The quantitative estimate of drug-likeness (QED) is 0.917. The van der Waals surface area contributed by atoms with Crippen molar-refractivity contribution in [3.63, 3.8) is 0 Å². The summed E-state index contributed by atoms with van der Waals surface area (Å²) in [5.41, 5.74) is 0.352. The van der Waals surface area contributed by atoms with Crippen LogP contribution < -0.4 is 5.56 Å². The van der Waals surface area contributed by atoms with Gasteiger partial charge in [-0.05, 0) is 51.6 Å². The standard InChI is InChI=1S/C17H27N3O2/c1-14-10-18-13-20(16(14)21)11-15-4-8-19(9-5-15)12-17(22)6-2-3-7-17/h10,13,15,22H,2-9,11-12H2,1H3. The van der Waals surface area contributed by atoms with Crippen molar-refractivity contribution in [2.45, 2.75) is 57.6 Å². The monoisotopic (exact) mass is 305 g/mol. The molecule has 0 radical (unpaired) electrons. The molecule has 0 spiro atoms. The van der Waals surface area contributed by atoms with E-state index in [0.29, 0.717) is 11.5 Å². The molecular formula is C17H27N3O2. The van der Waals surface area contributed by atoms with Crippen LogP contribution in [0.3, 0.4) is 0 Å². The minimum Gasteiger partial charge on any atom is -0.389 e. The first-order chi connectivity index (χ1) is 10.6. The summed E-state index contributed by atoms with van der Waals surface area (Å²) in [7, 11) is 0. The van der Waals surface area contributed by atoms with Crippen LogP contribution in [0.5, 0.6) is 0 Å². The second-order valence-corrected chi connectivity index (χ2v) is 7.19. The third kappa shape index (κ3) is 3.58. The first-order valence-corrected chi connectivity index (χ1v) is 8.51. The lowest BCUT2D eigenvalue weighted by atomic mass is 9.94. The molecule has 2 fully saturated rings. The number of piperidine rings is 1. The average Bonchev–Trinajstić information content (AvgIpc) is 2.92. The highest BCUT2D eigenvalue weighted by atomic mass is 16.3. The Morgan fingerprint density at radius 1 is 1.32 bits per heavy atom. The fourth-order valence-electron chi connectivity index (χ4n) is 3.90. The van der Waals surface area contributed by atoms with E-state index in [4.69, 9.17) is 0 Å². The maximum Gasteiger partial charge on any atom is 0.256 e. The fraction of sp³-hybridized carbons (Fsp3) is 0.765. The Morgan fingerprint density at radius 2 is 2.00 bits per heavy atom. The van der Waals surface area contributed by atoms with Gasteiger partial charge in [-0.15, -0.1) is 0 Å². The van der Waals surface area contributed by atoms with Crippen LogP contribution in [0.4, 0.5) is 0 Å². The number of rotatable bonds is 4. The molecule has 122 valence electrons. The maximum atomic E-state index is 12.1. The molecule has 1 aromatic rings. The molecule has 5 nitrogen and oxygen atoms in total. The summed E-state index contributed by atoms with van der Waals surface area (Å²) >= 11 is 0. The Bertz CT molecular complexity index is 555. The van der Waals surface area contributed by atoms with Gasteiger partial charge in [0.2, 0.25) is 0 Å². The van der Waals surface area contributed by atoms with Crippen LogP contribution >= 0.6 is 0 Å². The fourth-order valence-corrected chi connectivity index (χ4v) is 3.90. The Kier molecular flexibility index (Phi) is 4.64. The van der Waals surface area contributed by atoms with Crippen LogP contribution in [0.2, 0.25) is 0 Å². The van der Waals surface area contributed by atoms with Crippen LogP contribution in [0.15, 0.2) is 17.3 Å². The number of nitrogens with zero attached hydrogens (tertiary/aromatic N) is 3. The van der Waals surface area contributed by atoms with Gasteiger partial charge in [0.1, 0.15) is 0 Å². The molecule has 1 aliphatic heterocycles. The van der Waals surface area contributed by atoms with E-state index in [2.05, 4.69) is 9.88 Å². The van der Waals surface area contributed by atoms with Gasteiger partial charge in [-0.25, -0.2) is 4.98 Å². The van der Waals surface area contributed by atoms with Gasteiger partial charge in [0.15, 0.2) is 0 Å². The molecule has 0 unspecified atom stereocenters. The summed E-state index contributed by atoms with van der Waals surface area (Å²) in [5, 5.41) is 10.5. The Balaban J connectivity index is 1.51. The van der Waals surface area contributed by atoms with Gasteiger partial charge in [0.25, 0.3) is 5.56 Å². The van der Waals surface area contributed by atoms with Crippen molar-refractivity contribution in [3.8, 4) is 0 Å². The molecule has 3 rings (SSSR count). The molecule has 0 amide bonds. The molecule has 0 bridgehead atoms. The van der Waals surface area contributed by atoms with Gasteiger partial charge in [-0.2, -0.15) is 0 Å². The van der Waals surface area contributed by atoms with E-state index in [9.17, 15) is 9.90 Å². The van der Waals surface area contributed by atoms with E-state index in [1.54, 1.807) is 17.1 Å². The molecule has 1 aliphatic carbocycles. The molecule has 0 aromatic carbocycles. The summed E-state index contributed by atoms with van der Waals surface area (Å²) in [6.07, 6.45) is 9.71. The lowest BCUT2D eigenvalue weighted by Gasteiger charge is -2.36. The normalized spacial score (nSPS) is 23.0. The molecular weight excluding hydrogens is 278 g/mol. The minimum absolute atomic E-state index is 0.0812.